The van der Waals surface area contributed by atoms with Crippen molar-refractivity contribution >= 4 is 6.09 Å². The van der Waals surface area contributed by atoms with Crippen LogP contribution in [0.1, 0.15) is 46.5 Å². The van der Waals surface area contributed by atoms with Crippen LogP contribution >= 0.6 is 0 Å². The van der Waals surface area contributed by atoms with Crippen LogP contribution in [0.15, 0.2) is 0 Å². The summed E-state index contributed by atoms with van der Waals surface area (Å²) in [7, 11) is 0. The monoisotopic (exact) mass is 311 g/mol. The van der Waals surface area contributed by atoms with Gasteiger partial charge in [-0.05, 0) is 52.0 Å². The molecule has 2 atom stereocenters. The molecule has 2 aliphatic heterocycles. The number of amides is 1. The topological polar surface area (TPSA) is 44.8 Å². The van der Waals surface area contributed by atoms with Crippen LogP contribution in [0.4, 0.5) is 4.79 Å². The highest BCUT2D eigenvalue weighted by Crippen LogP contribution is 2.16. The van der Waals surface area contributed by atoms with Gasteiger partial charge in [-0.25, -0.2) is 4.79 Å². The number of nitrogens with one attached hydrogen (secondary N) is 1. The molecule has 0 aromatic carbocycles. The van der Waals surface area contributed by atoms with Gasteiger partial charge >= 0.3 is 6.09 Å². The Hall–Kier alpha value is -0.810. The van der Waals surface area contributed by atoms with Crippen molar-refractivity contribution in [2.24, 2.45) is 5.92 Å². The maximum Gasteiger partial charge on any atom is 0.409 e. The zero-order valence-corrected chi connectivity index (χ0v) is 14.5. The molecule has 22 heavy (non-hydrogen) atoms. The molecule has 0 radical (unpaired) electrons. The summed E-state index contributed by atoms with van der Waals surface area (Å²) >= 11 is 0. The molecule has 2 rings (SSSR count). The summed E-state index contributed by atoms with van der Waals surface area (Å²) < 4.78 is 5.07. The van der Waals surface area contributed by atoms with E-state index in [0.29, 0.717) is 18.7 Å². The van der Waals surface area contributed by atoms with E-state index in [0.717, 1.165) is 38.4 Å². The van der Waals surface area contributed by atoms with Crippen LogP contribution < -0.4 is 5.32 Å². The lowest BCUT2D eigenvalue weighted by Crippen LogP contribution is -2.50. The Morgan fingerprint density at radius 1 is 1.27 bits per heavy atom. The third kappa shape index (κ3) is 5.43. The zero-order chi connectivity index (χ0) is 15.9. The second kappa shape index (κ2) is 8.73. The molecule has 0 aromatic rings. The Morgan fingerprint density at radius 3 is 2.64 bits per heavy atom. The van der Waals surface area contributed by atoms with Crippen LogP contribution in [0.5, 0.6) is 0 Å². The first-order valence-corrected chi connectivity index (χ1v) is 8.98. The predicted molar refractivity (Wildman–Crippen MR) is 89.1 cm³/mol. The molecule has 1 amide bonds. The molecule has 128 valence electrons. The molecule has 2 aliphatic rings. The van der Waals surface area contributed by atoms with E-state index in [9.17, 15) is 4.79 Å². The maximum atomic E-state index is 11.7. The predicted octanol–water partition coefficient (Wildman–Crippen LogP) is 2.32. The molecule has 0 bridgehead atoms. The lowest BCUT2D eigenvalue weighted by atomic mass is 9.99. The summed E-state index contributed by atoms with van der Waals surface area (Å²) in [5.74, 6) is 0.841. The third-order valence-electron chi connectivity index (χ3n) is 4.81. The van der Waals surface area contributed by atoms with Crippen LogP contribution in [-0.4, -0.2) is 67.3 Å². The lowest BCUT2D eigenvalue weighted by Gasteiger charge is -2.36. The summed E-state index contributed by atoms with van der Waals surface area (Å²) in [5, 5.41) is 3.75. The van der Waals surface area contributed by atoms with Gasteiger partial charge in [-0.3, -0.25) is 0 Å². The van der Waals surface area contributed by atoms with Gasteiger partial charge < -0.3 is 19.9 Å². The number of piperidine rings is 2. The van der Waals surface area contributed by atoms with Crippen LogP contribution in [-0.2, 0) is 4.74 Å². The molecular weight excluding hydrogens is 278 g/mol. The van der Waals surface area contributed by atoms with E-state index in [-0.39, 0.29) is 6.09 Å². The molecule has 0 aliphatic carbocycles. The number of nitrogens with zero attached hydrogens (tertiary/aromatic N) is 2. The number of ether oxygens (including phenoxy) is 1. The summed E-state index contributed by atoms with van der Waals surface area (Å²) in [4.78, 5) is 16.1. The normalized spacial score (nSPS) is 26.0. The van der Waals surface area contributed by atoms with Gasteiger partial charge in [0.05, 0.1) is 6.61 Å². The highest BCUT2D eigenvalue weighted by atomic mass is 16.6. The Labute approximate surface area is 135 Å². The van der Waals surface area contributed by atoms with Crippen molar-refractivity contribution in [3.05, 3.63) is 0 Å². The fraction of sp³-hybridized carbons (Fsp3) is 0.941. The zero-order valence-electron chi connectivity index (χ0n) is 14.5. The Kier molecular flexibility index (Phi) is 6.96. The number of carbonyl (C=O) groups excluding carboxylic acids is 1. The third-order valence-corrected chi connectivity index (χ3v) is 4.81. The van der Waals surface area contributed by atoms with Crippen molar-refractivity contribution in [2.75, 3.05) is 39.3 Å². The molecule has 2 heterocycles. The Bertz CT molecular complexity index is 343. The molecule has 0 saturated carbocycles. The minimum absolute atomic E-state index is 0.156. The van der Waals surface area contributed by atoms with E-state index in [2.05, 4.69) is 24.1 Å². The fourth-order valence-electron chi connectivity index (χ4n) is 3.74. The summed E-state index contributed by atoms with van der Waals surface area (Å²) in [6.07, 6.45) is 4.62. The molecular formula is C17H33N3O2. The van der Waals surface area contributed by atoms with Gasteiger partial charge in [0, 0.05) is 38.3 Å². The molecule has 2 saturated heterocycles. The summed E-state index contributed by atoms with van der Waals surface area (Å²) in [6.45, 7) is 12.2. The standard InChI is InChI=1S/C17H33N3O2/c1-4-22-17(21)20-10-7-16(8-11-20)18-15(3)13-19-9-5-6-14(2)12-19/h14-16,18H,4-13H2,1-3H3/t14-,15-/m1/s1. The smallest absolute Gasteiger partial charge is 0.409 e. The van der Waals surface area contributed by atoms with Gasteiger partial charge in [0.1, 0.15) is 0 Å². The quantitative estimate of drug-likeness (QED) is 0.846. The average molecular weight is 311 g/mol. The minimum atomic E-state index is -0.156. The average Bonchev–Trinajstić information content (AvgIpc) is 2.48. The number of rotatable bonds is 5. The molecule has 0 spiro atoms. The van der Waals surface area contributed by atoms with Crippen molar-refractivity contribution in [1.29, 1.82) is 0 Å². The molecule has 5 nitrogen and oxygen atoms in total. The molecule has 2 fully saturated rings. The van der Waals surface area contributed by atoms with Crippen molar-refractivity contribution in [1.82, 2.24) is 15.1 Å². The van der Waals surface area contributed by atoms with E-state index in [1.54, 1.807) is 0 Å². The van der Waals surface area contributed by atoms with E-state index >= 15 is 0 Å². The SMILES string of the molecule is CCOC(=O)N1CCC(N[C@H](C)CN2CCC[C@@H](C)C2)CC1. The van der Waals surface area contributed by atoms with Crippen LogP contribution in [0.3, 0.4) is 0 Å². The van der Waals surface area contributed by atoms with Crippen LogP contribution in [0.2, 0.25) is 0 Å². The Balaban J connectivity index is 1.66. The lowest BCUT2D eigenvalue weighted by molar-refractivity contribution is 0.0931. The van der Waals surface area contributed by atoms with Gasteiger partial charge in [-0.15, -0.1) is 0 Å². The van der Waals surface area contributed by atoms with E-state index < -0.39 is 0 Å². The first kappa shape index (κ1) is 17.5. The van der Waals surface area contributed by atoms with Gasteiger partial charge in [-0.1, -0.05) is 6.92 Å². The van der Waals surface area contributed by atoms with E-state index in [4.69, 9.17) is 4.74 Å². The fourth-order valence-corrected chi connectivity index (χ4v) is 3.74. The van der Waals surface area contributed by atoms with Crippen molar-refractivity contribution in [2.45, 2.75) is 58.5 Å². The van der Waals surface area contributed by atoms with Gasteiger partial charge in [0.2, 0.25) is 0 Å². The summed E-state index contributed by atoms with van der Waals surface area (Å²) in [5.41, 5.74) is 0. The second-order valence-electron chi connectivity index (χ2n) is 7.03. The highest BCUT2D eigenvalue weighted by molar-refractivity contribution is 5.67. The number of carbonyl (C=O) groups is 1. The van der Waals surface area contributed by atoms with Gasteiger partial charge in [0.25, 0.3) is 0 Å². The van der Waals surface area contributed by atoms with Crippen LogP contribution in [0.25, 0.3) is 0 Å². The second-order valence-corrected chi connectivity index (χ2v) is 7.03. The van der Waals surface area contributed by atoms with Crippen molar-refractivity contribution < 1.29 is 9.53 Å². The minimum Gasteiger partial charge on any atom is -0.450 e. The molecule has 0 unspecified atom stereocenters. The molecule has 1 N–H and O–H groups in total. The molecule has 5 heteroatoms. The number of hydrogen-bond acceptors (Lipinski definition) is 4. The van der Waals surface area contributed by atoms with E-state index in [1.165, 1.54) is 25.9 Å². The first-order chi connectivity index (χ1) is 10.6. The summed E-state index contributed by atoms with van der Waals surface area (Å²) in [6, 6.07) is 1.05. The van der Waals surface area contributed by atoms with Gasteiger partial charge in [0.15, 0.2) is 0 Å². The van der Waals surface area contributed by atoms with Gasteiger partial charge in [-0.2, -0.15) is 0 Å². The van der Waals surface area contributed by atoms with E-state index in [1.807, 2.05) is 11.8 Å². The molecule has 0 aromatic heterocycles. The van der Waals surface area contributed by atoms with Crippen molar-refractivity contribution in [3.63, 3.8) is 0 Å². The highest BCUT2D eigenvalue weighted by Gasteiger charge is 2.25. The number of hydrogen-bond donors (Lipinski definition) is 1. The maximum absolute atomic E-state index is 11.7. The van der Waals surface area contributed by atoms with Crippen LogP contribution in [0, 0.1) is 5.92 Å². The number of likely N-dealkylation sites (tertiary alicyclic amines) is 2. The Morgan fingerprint density at radius 2 is 2.00 bits per heavy atom. The van der Waals surface area contributed by atoms with Crippen molar-refractivity contribution in [3.8, 4) is 0 Å². The first-order valence-electron chi connectivity index (χ1n) is 8.98. The largest absolute Gasteiger partial charge is 0.450 e.